The van der Waals surface area contributed by atoms with Crippen molar-refractivity contribution in [3.8, 4) is 0 Å². The number of amides is 3. The van der Waals surface area contributed by atoms with Gasteiger partial charge in [0.15, 0.2) is 0 Å². The molecule has 3 amide bonds. The van der Waals surface area contributed by atoms with E-state index in [1.807, 2.05) is 6.92 Å². The van der Waals surface area contributed by atoms with Gasteiger partial charge < -0.3 is 9.80 Å². The molecular formula is C21H31N5O2. The Kier molecular flexibility index (Phi) is 5.05. The van der Waals surface area contributed by atoms with Crippen LogP contribution in [0.4, 0.5) is 10.5 Å². The number of benzene rings is 1. The van der Waals surface area contributed by atoms with Crippen LogP contribution in [0.1, 0.15) is 32.8 Å². The molecule has 0 radical (unpaired) electrons. The number of hydrogen-bond donors (Lipinski definition) is 1. The number of carbonyl (C=O) groups excluding carboxylic acids is 2. The molecule has 3 saturated heterocycles. The summed E-state index contributed by atoms with van der Waals surface area (Å²) in [6.07, 6.45) is 1.41. The van der Waals surface area contributed by atoms with Crippen LogP contribution in [0.2, 0.25) is 0 Å². The Bertz CT molecular complexity index is 752. The molecule has 0 aromatic heterocycles. The van der Waals surface area contributed by atoms with Crippen molar-refractivity contribution in [1.82, 2.24) is 20.0 Å². The third-order valence-electron chi connectivity index (χ3n) is 6.21. The fourth-order valence-electron chi connectivity index (χ4n) is 4.77. The Hall–Kier alpha value is -2.12. The van der Waals surface area contributed by atoms with E-state index in [0.29, 0.717) is 12.5 Å². The van der Waals surface area contributed by atoms with E-state index in [-0.39, 0.29) is 30.4 Å². The third-order valence-corrected chi connectivity index (χ3v) is 6.21. The van der Waals surface area contributed by atoms with E-state index in [1.165, 1.54) is 10.5 Å². The van der Waals surface area contributed by atoms with Gasteiger partial charge in [0, 0.05) is 32.4 Å². The Labute approximate surface area is 167 Å². The van der Waals surface area contributed by atoms with Crippen molar-refractivity contribution in [2.45, 2.75) is 52.1 Å². The second-order valence-electron chi connectivity index (χ2n) is 8.29. The molecule has 4 unspecified atom stereocenters. The van der Waals surface area contributed by atoms with E-state index in [2.05, 4.69) is 53.2 Å². The summed E-state index contributed by atoms with van der Waals surface area (Å²) in [5, 5.41) is 3.58. The summed E-state index contributed by atoms with van der Waals surface area (Å²) in [6, 6.07) is 8.14. The first-order valence-corrected chi connectivity index (χ1v) is 10.4. The number of aryl methyl sites for hydroxylation is 1. The van der Waals surface area contributed by atoms with Crippen LogP contribution in [-0.4, -0.2) is 71.8 Å². The van der Waals surface area contributed by atoms with E-state index in [0.717, 1.165) is 31.6 Å². The summed E-state index contributed by atoms with van der Waals surface area (Å²) < 4.78 is 0. The van der Waals surface area contributed by atoms with Gasteiger partial charge in [0.05, 0.1) is 0 Å². The summed E-state index contributed by atoms with van der Waals surface area (Å²) in [4.78, 5) is 33.6. The topological polar surface area (TPSA) is 59.1 Å². The predicted octanol–water partition coefficient (Wildman–Crippen LogP) is 1.89. The molecule has 3 fully saturated rings. The number of likely N-dealkylation sites (N-methyl/N-ethyl adjacent to an activating group) is 1. The zero-order chi connectivity index (χ0) is 20.0. The van der Waals surface area contributed by atoms with Crippen molar-refractivity contribution >= 4 is 17.6 Å². The summed E-state index contributed by atoms with van der Waals surface area (Å²) in [5.41, 5.74) is 2.46. The SMILES string of the molecule is CCCN1C(=O)C2C(NC3N(c4ccc(CC)cc4)CC(C)CN23)N(C)C1=O. The standard InChI is InChI=1S/C21H31N5O2/c1-5-11-24-19(27)17-18(23(4)21(24)28)22-20-25(12-14(3)13-26(17)20)16-9-7-15(6-2)8-10-16/h7-10,14,17-18,20,22H,5-6,11-13H2,1-4H3. The number of hydrogen-bond acceptors (Lipinski definition) is 5. The van der Waals surface area contributed by atoms with Crippen LogP contribution in [0.3, 0.4) is 0 Å². The minimum atomic E-state index is -0.334. The molecule has 7 heteroatoms. The molecule has 3 aliphatic rings. The molecule has 7 nitrogen and oxygen atoms in total. The van der Waals surface area contributed by atoms with E-state index in [9.17, 15) is 9.59 Å². The smallest absolute Gasteiger partial charge is 0.327 e. The van der Waals surface area contributed by atoms with E-state index >= 15 is 0 Å². The van der Waals surface area contributed by atoms with Crippen LogP contribution < -0.4 is 10.2 Å². The van der Waals surface area contributed by atoms with Gasteiger partial charge in [-0.1, -0.05) is 32.9 Å². The van der Waals surface area contributed by atoms with Gasteiger partial charge in [-0.3, -0.25) is 19.9 Å². The van der Waals surface area contributed by atoms with Crippen LogP contribution in [0.25, 0.3) is 0 Å². The van der Waals surface area contributed by atoms with Crippen LogP contribution >= 0.6 is 0 Å². The van der Waals surface area contributed by atoms with Gasteiger partial charge >= 0.3 is 6.03 Å². The van der Waals surface area contributed by atoms with Gasteiger partial charge in [-0.25, -0.2) is 4.79 Å². The lowest BCUT2D eigenvalue weighted by Crippen LogP contribution is -2.66. The number of carbonyl (C=O) groups is 2. The van der Waals surface area contributed by atoms with E-state index in [4.69, 9.17) is 0 Å². The third kappa shape index (κ3) is 2.97. The first-order chi connectivity index (χ1) is 13.5. The highest BCUT2D eigenvalue weighted by molar-refractivity contribution is 6.00. The average Bonchev–Trinajstić information content (AvgIpc) is 3.08. The zero-order valence-corrected chi connectivity index (χ0v) is 17.3. The molecule has 28 heavy (non-hydrogen) atoms. The Morgan fingerprint density at radius 2 is 1.82 bits per heavy atom. The Morgan fingerprint density at radius 3 is 2.46 bits per heavy atom. The summed E-state index contributed by atoms with van der Waals surface area (Å²) in [7, 11) is 1.80. The number of nitrogens with zero attached hydrogens (tertiary/aromatic N) is 4. The molecule has 0 spiro atoms. The fourth-order valence-corrected chi connectivity index (χ4v) is 4.77. The number of urea groups is 1. The molecule has 1 aromatic rings. The maximum Gasteiger partial charge on any atom is 0.327 e. The van der Waals surface area contributed by atoms with Gasteiger partial charge in [-0.05, 0) is 36.5 Å². The Balaban J connectivity index is 1.66. The maximum absolute atomic E-state index is 13.2. The largest absolute Gasteiger partial charge is 0.343 e. The molecule has 1 aromatic carbocycles. The molecule has 3 heterocycles. The maximum atomic E-state index is 13.2. The van der Waals surface area contributed by atoms with Crippen LogP contribution in [0.15, 0.2) is 24.3 Å². The zero-order valence-electron chi connectivity index (χ0n) is 17.3. The van der Waals surface area contributed by atoms with Crippen molar-refractivity contribution in [2.24, 2.45) is 5.92 Å². The lowest BCUT2D eigenvalue weighted by Gasteiger charge is -2.46. The number of nitrogens with one attached hydrogen (secondary N) is 1. The summed E-state index contributed by atoms with van der Waals surface area (Å²) >= 11 is 0. The van der Waals surface area contributed by atoms with Crippen molar-refractivity contribution in [3.05, 3.63) is 29.8 Å². The summed E-state index contributed by atoms with van der Waals surface area (Å²) in [6.45, 7) is 8.61. The number of rotatable bonds is 4. The average molecular weight is 386 g/mol. The fraction of sp³-hybridized carbons (Fsp3) is 0.619. The van der Waals surface area contributed by atoms with E-state index in [1.54, 1.807) is 11.9 Å². The van der Waals surface area contributed by atoms with Crippen LogP contribution in [0.5, 0.6) is 0 Å². The normalized spacial score (nSPS) is 30.6. The minimum absolute atomic E-state index is 0.0691. The van der Waals surface area contributed by atoms with Crippen molar-refractivity contribution in [3.63, 3.8) is 0 Å². The lowest BCUT2D eigenvalue weighted by atomic mass is 10.0. The monoisotopic (exact) mass is 385 g/mol. The van der Waals surface area contributed by atoms with E-state index < -0.39 is 0 Å². The molecule has 0 saturated carbocycles. The molecule has 1 N–H and O–H groups in total. The van der Waals surface area contributed by atoms with Crippen LogP contribution in [0, 0.1) is 5.92 Å². The van der Waals surface area contributed by atoms with Gasteiger partial charge in [-0.2, -0.15) is 0 Å². The van der Waals surface area contributed by atoms with Gasteiger partial charge in [0.2, 0.25) is 0 Å². The molecule has 0 aliphatic carbocycles. The predicted molar refractivity (Wildman–Crippen MR) is 109 cm³/mol. The van der Waals surface area contributed by atoms with Crippen molar-refractivity contribution < 1.29 is 9.59 Å². The lowest BCUT2D eigenvalue weighted by molar-refractivity contribution is -0.138. The minimum Gasteiger partial charge on any atom is -0.343 e. The quantitative estimate of drug-likeness (QED) is 0.858. The van der Waals surface area contributed by atoms with Crippen LogP contribution in [-0.2, 0) is 11.2 Å². The molecular weight excluding hydrogens is 354 g/mol. The number of imide groups is 1. The highest BCUT2D eigenvalue weighted by Crippen LogP contribution is 2.34. The second kappa shape index (κ2) is 7.37. The van der Waals surface area contributed by atoms with Gasteiger partial charge in [0.1, 0.15) is 18.5 Å². The molecule has 4 atom stereocenters. The first kappa shape index (κ1) is 19.2. The second-order valence-corrected chi connectivity index (χ2v) is 8.29. The Morgan fingerprint density at radius 1 is 1.11 bits per heavy atom. The van der Waals surface area contributed by atoms with Crippen molar-refractivity contribution in [1.29, 1.82) is 0 Å². The molecule has 0 bridgehead atoms. The van der Waals surface area contributed by atoms with Gasteiger partial charge in [-0.15, -0.1) is 0 Å². The molecule has 4 rings (SSSR count). The first-order valence-electron chi connectivity index (χ1n) is 10.4. The van der Waals surface area contributed by atoms with Gasteiger partial charge in [0.25, 0.3) is 5.91 Å². The highest BCUT2D eigenvalue weighted by atomic mass is 16.2. The molecule has 152 valence electrons. The highest BCUT2D eigenvalue weighted by Gasteiger charge is 2.56. The number of anilines is 1. The number of fused-ring (bicyclic) bond motifs is 3. The summed E-state index contributed by atoms with van der Waals surface area (Å²) in [5.74, 6) is 0.360. The van der Waals surface area contributed by atoms with Crippen molar-refractivity contribution in [2.75, 3.05) is 31.6 Å². The molecule has 3 aliphatic heterocycles.